The summed E-state index contributed by atoms with van der Waals surface area (Å²) in [6.07, 6.45) is 0. The first-order valence-electron chi connectivity index (χ1n) is 6.43. The Morgan fingerprint density at radius 1 is 1.19 bits per heavy atom. The van der Waals surface area contributed by atoms with Gasteiger partial charge in [0.05, 0.1) is 11.3 Å². The molecule has 3 N–H and O–H groups in total. The Morgan fingerprint density at radius 2 is 1.95 bits per heavy atom. The van der Waals surface area contributed by atoms with Crippen molar-refractivity contribution < 1.29 is 4.39 Å². The van der Waals surface area contributed by atoms with Crippen molar-refractivity contribution >= 4 is 21.7 Å². The van der Waals surface area contributed by atoms with E-state index in [0.29, 0.717) is 11.4 Å². The zero-order valence-corrected chi connectivity index (χ0v) is 12.9. The van der Waals surface area contributed by atoms with Gasteiger partial charge < -0.3 is 5.73 Å². The number of aromatic amines is 1. The third-order valence-corrected chi connectivity index (χ3v) is 4.30. The molecule has 0 unspecified atom stereocenters. The number of halogens is 2. The molecular formula is C16H13BrFN3. The fourth-order valence-corrected chi connectivity index (χ4v) is 2.73. The van der Waals surface area contributed by atoms with E-state index in [1.54, 1.807) is 6.07 Å². The van der Waals surface area contributed by atoms with Crippen LogP contribution in [0.2, 0.25) is 0 Å². The maximum atomic E-state index is 13.5. The molecule has 0 radical (unpaired) electrons. The van der Waals surface area contributed by atoms with Gasteiger partial charge in [-0.2, -0.15) is 5.10 Å². The number of anilines is 1. The van der Waals surface area contributed by atoms with Crippen molar-refractivity contribution in [2.75, 3.05) is 5.73 Å². The molecular weight excluding hydrogens is 333 g/mol. The van der Waals surface area contributed by atoms with Crippen LogP contribution in [0.3, 0.4) is 0 Å². The zero-order valence-electron chi connectivity index (χ0n) is 11.3. The number of hydrogen-bond acceptors (Lipinski definition) is 2. The van der Waals surface area contributed by atoms with Gasteiger partial charge in [0.1, 0.15) is 5.82 Å². The standard InChI is InChI=1S/C16H13BrFN3/c1-9-12(6-3-7-13(9)17)15-14(16(19)21-20-15)10-4-2-5-11(18)8-10/h2-8H,1H3,(H3,19,20,21). The number of H-pyrrole nitrogens is 1. The van der Waals surface area contributed by atoms with Crippen LogP contribution in [-0.2, 0) is 0 Å². The van der Waals surface area contributed by atoms with E-state index >= 15 is 0 Å². The van der Waals surface area contributed by atoms with Gasteiger partial charge in [0.25, 0.3) is 0 Å². The number of nitrogens with two attached hydrogens (primary N) is 1. The van der Waals surface area contributed by atoms with Crippen molar-refractivity contribution in [1.29, 1.82) is 0 Å². The van der Waals surface area contributed by atoms with Crippen LogP contribution in [0.4, 0.5) is 10.2 Å². The summed E-state index contributed by atoms with van der Waals surface area (Å²) < 4.78 is 14.5. The molecule has 3 nitrogen and oxygen atoms in total. The van der Waals surface area contributed by atoms with E-state index in [1.165, 1.54) is 12.1 Å². The van der Waals surface area contributed by atoms with Crippen LogP contribution in [0, 0.1) is 12.7 Å². The summed E-state index contributed by atoms with van der Waals surface area (Å²) in [6.45, 7) is 2.01. The molecule has 3 aromatic rings. The van der Waals surface area contributed by atoms with E-state index in [2.05, 4.69) is 26.1 Å². The molecule has 1 aromatic heterocycles. The van der Waals surface area contributed by atoms with Gasteiger partial charge in [-0.15, -0.1) is 0 Å². The number of benzene rings is 2. The van der Waals surface area contributed by atoms with Gasteiger partial charge >= 0.3 is 0 Å². The number of nitrogen functional groups attached to an aromatic ring is 1. The first-order valence-corrected chi connectivity index (χ1v) is 7.22. The lowest BCUT2D eigenvalue weighted by atomic mass is 9.98. The van der Waals surface area contributed by atoms with E-state index in [1.807, 2.05) is 31.2 Å². The molecule has 0 aliphatic rings. The quantitative estimate of drug-likeness (QED) is 0.716. The van der Waals surface area contributed by atoms with Crippen LogP contribution >= 0.6 is 15.9 Å². The van der Waals surface area contributed by atoms with Crippen LogP contribution in [0.15, 0.2) is 46.9 Å². The molecule has 0 atom stereocenters. The summed E-state index contributed by atoms with van der Waals surface area (Å²) in [6, 6.07) is 12.2. The third kappa shape index (κ3) is 2.45. The molecule has 0 amide bonds. The summed E-state index contributed by atoms with van der Waals surface area (Å²) in [5.74, 6) is 0.0555. The second kappa shape index (κ2) is 5.33. The molecule has 1 heterocycles. The average Bonchev–Trinajstić information content (AvgIpc) is 2.83. The van der Waals surface area contributed by atoms with Crippen molar-refractivity contribution in [2.24, 2.45) is 0 Å². The number of rotatable bonds is 2. The number of nitrogens with one attached hydrogen (secondary N) is 1. The smallest absolute Gasteiger partial charge is 0.153 e. The normalized spacial score (nSPS) is 10.8. The van der Waals surface area contributed by atoms with Crippen LogP contribution in [0.25, 0.3) is 22.4 Å². The minimum atomic E-state index is -0.301. The Labute approximate surface area is 130 Å². The first kappa shape index (κ1) is 13.8. The lowest BCUT2D eigenvalue weighted by Gasteiger charge is -2.09. The van der Waals surface area contributed by atoms with Gasteiger partial charge in [0.15, 0.2) is 5.82 Å². The van der Waals surface area contributed by atoms with Crippen molar-refractivity contribution in [2.45, 2.75) is 6.92 Å². The van der Waals surface area contributed by atoms with Crippen molar-refractivity contribution in [3.63, 3.8) is 0 Å². The largest absolute Gasteiger partial charge is 0.382 e. The second-order valence-corrected chi connectivity index (χ2v) is 5.64. The molecule has 106 valence electrons. The summed E-state index contributed by atoms with van der Waals surface area (Å²) in [5, 5.41) is 7.04. The number of nitrogens with zero attached hydrogens (tertiary/aromatic N) is 1. The topological polar surface area (TPSA) is 54.7 Å². The van der Waals surface area contributed by atoms with Crippen molar-refractivity contribution in [3.8, 4) is 22.4 Å². The maximum Gasteiger partial charge on any atom is 0.153 e. The summed E-state index contributed by atoms with van der Waals surface area (Å²) in [4.78, 5) is 0. The van der Waals surface area contributed by atoms with Gasteiger partial charge in [-0.05, 0) is 36.2 Å². The Kier molecular flexibility index (Phi) is 3.51. The van der Waals surface area contributed by atoms with Gasteiger partial charge in [-0.1, -0.05) is 40.2 Å². The summed E-state index contributed by atoms with van der Waals surface area (Å²) >= 11 is 3.52. The zero-order chi connectivity index (χ0) is 15.0. The van der Waals surface area contributed by atoms with Crippen LogP contribution in [-0.4, -0.2) is 10.2 Å². The monoisotopic (exact) mass is 345 g/mol. The molecule has 0 spiro atoms. The van der Waals surface area contributed by atoms with Gasteiger partial charge in [-0.25, -0.2) is 4.39 Å². The summed E-state index contributed by atoms with van der Waals surface area (Å²) in [7, 11) is 0. The van der Waals surface area contributed by atoms with E-state index in [-0.39, 0.29) is 5.82 Å². The lowest BCUT2D eigenvalue weighted by Crippen LogP contribution is -1.91. The van der Waals surface area contributed by atoms with E-state index in [9.17, 15) is 4.39 Å². The third-order valence-electron chi connectivity index (χ3n) is 3.44. The highest BCUT2D eigenvalue weighted by Crippen LogP contribution is 2.37. The maximum absolute atomic E-state index is 13.5. The van der Waals surface area contributed by atoms with Gasteiger partial charge in [0, 0.05) is 10.0 Å². The first-order chi connectivity index (χ1) is 10.1. The fraction of sp³-hybridized carbons (Fsp3) is 0.0625. The minimum absolute atomic E-state index is 0.301. The van der Waals surface area contributed by atoms with Gasteiger partial charge in [-0.3, -0.25) is 5.10 Å². The average molecular weight is 346 g/mol. The highest BCUT2D eigenvalue weighted by atomic mass is 79.9. The molecule has 0 fully saturated rings. The molecule has 5 heteroatoms. The Hall–Kier alpha value is -2.14. The highest BCUT2D eigenvalue weighted by molar-refractivity contribution is 9.10. The molecule has 0 aliphatic heterocycles. The Balaban J connectivity index is 2.24. The van der Waals surface area contributed by atoms with Crippen molar-refractivity contribution in [3.05, 3.63) is 58.3 Å². The molecule has 0 saturated carbocycles. The number of aromatic nitrogens is 2. The molecule has 2 aromatic carbocycles. The molecule has 3 rings (SSSR count). The SMILES string of the molecule is Cc1c(Br)cccc1-c1[nH]nc(N)c1-c1cccc(F)c1. The summed E-state index contributed by atoms with van der Waals surface area (Å²) in [5.41, 5.74) is 10.2. The second-order valence-electron chi connectivity index (χ2n) is 4.78. The molecule has 0 bridgehead atoms. The van der Waals surface area contributed by atoms with E-state index in [4.69, 9.17) is 5.73 Å². The molecule has 0 aliphatic carbocycles. The highest BCUT2D eigenvalue weighted by Gasteiger charge is 2.17. The predicted molar refractivity (Wildman–Crippen MR) is 86.3 cm³/mol. The van der Waals surface area contributed by atoms with E-state index < -0.39 is 0 Å². The number of hydrogen-bond donors (Lipinski definition) is 2. The Morgan fingerprint density at radius 3 is 2.71 bits per heavy atom. The molecule has 21 heavy (non-hydrogen) atoms. The van der Waals surface area contributed by atoms with Crippen molar-refractivity contribution in [1.82, 2.24) is 10.2 Å². The van der Waals surface area contributed by atoms with Crippen LogP contribution in [0.5, 0.6) is 0 Å². The Bertz CT molecular complexity index is 811. The van der Waals surface area contributed by atoms with Gasteiger partial charge in [0.2, 0.25) is 0 Å². The molecule has 0 saturated heterocycles. The minimum Gasteiger partial charge on any atom is -0.382 e. The lowest BCUT2D eigenvalue weighted by molar-refractivity contribution is 0.628. The van der Waals surface area contributed by atoms with E-state index in [0.717, 1.165) is 26.9 Å². The van der Waals surface area contributed by atoms with Crippen LogP contribution < -0.4 is 5.73 Å². The fourth-order valence-electron chi connectivity index (χ4n) is 2.37. The van der Waals surface area contributed by atoms with Crippen LogP contribution in [0.1, 0.15) is 5.56 Å². The predicted octanol–water partition coefficient (Wildman–Crippen LogP) is 4.54.